The van der Waals surface area contributed by atoms with Gasteiger partial charge in [0.1, 0.15) is 0 Å². The summed E-state index contributed by atoms with van der Waals surface area (Å²) in [7, 11) is -3.50. The van der Waals surface area contributed by atoms with Crippen molar-refractivity contribution >= 4 is 32.2 Å². The van der Waals surface area contributed by atoms with Crippen LogP contribution in [0.25, 0.3) is 10.8 Å². The van der Waals surface area contributed by atoms with Crippen LogP contribution in [0.5, 0.6) is 0 Å². The Labute approximate surface area is 141 Å². The minimum Gasteiger partial charge on any atom is -0.326 e. The third-order valence-corrected chi connectivity index (χ3v) is 5.45. The fraction of sp³-hybridized carbons (Fsp3) is 0.105. The van der Waals surface area contributed by atoms with Crippen LogP contribution in [0.3, 0.4) is 0 Å². The molecule has 1 N–H and O–H groups in total. The predicted molar refractivity (Wildman–Crippen MR) is 95.7 cm³/mol. The molecule has 0 aromatic heterocycles. The molecule has 0 radical (unpaired) electrons. The van der Waals surface area contributed by atoms with Crippen LogP contribution in [-0.2, 0) is 14.6 Å². The first kappa shape index (κ1) is 16.2. The summed E-state index contributed by atoms with van der Waals surface area (Å²) < 4.78 is 24.9. The van der Waals surface area contributed by atoms with Gasteiger partial charge >= 0.3 is 0 Å². The van der Waals surface area contributed by atoms with Crippen molar-refractivity contribution < 1.29 is 13.2 Å². The summed E-state index contributed by atoms with van der Waals surface area (Å²) >= 11 is 0. The average Bonchev–Trinajstić information content (AvgIpc) is 2.60. The molecule has 3 aromatic carbocycles. The van der Waals surface area contributed by atoms with E-state index in [1.165, 1.54) is 0 Å². The maximum absolute atomic E-state index is 12.5. The van der Waals surface area contributed by atoms with Crippen molar-refractivity contribution in [1.29, 1.82) is 0 Å². The zero-order chi connectivity index (χ0) is 17.0. The first-order valence-corrected chi connectivity index (χ1v) is 9.26. The molecule has 24 heavy (non-hydrogen) atoms. The molecule has 0 saturated carbocycles. The number of sulfone groups is 1. The minimum atomic E-state index is -3.50. The highest BCUT2D eigenvalue weighted by Crippen LogP contribution is 2.20. The van der Waals surface area contributed by atoms with E-state index < -0.39 is 9.84 Å². The fourth-order valence-corrected chi connectivity index (χ4v) is 3.72. The molecule has 122 valence electrons. The second-order valence-electron chi connectivity index (χ2n) is 5.49. The van der Waals surface area contributed by atoms with Gasteiger partial charge in [-0.3, -0.25) is 4.79 Å². The second kappa shape index (κ2) is 6.84. The normalized spacial score (nSPS) is 11.3. The van der Waals surface area contributed by atoms with Gasteiger partial charge in [0.05, 0.1) is 10.6 Å². The lowest BCUT2D eigenvalue weighted by Gasteiger charge is -2.07. The summed E-state index contributed by atoms with van der Waals surface area (Å²) in [6.45, 7) is 0. The fourth-order valence-electron chi connectivity index (χ4n) is 2.45. The third kappa shape index (κ3) is 3.81. The Balaban J connectivity index is 1.69. The van der Waals surface area contributed by atoms with Gasteiger partial charge < -0.3 is 5.32 Å². The van der Waals surface area contributed by atoms with Crippen molar-refractivity contribution in [3.8, 4) is 0 Å². The average molecular weight is 339 g/mol. The number of fused-ring (bicyclic) bond motifs is 1. The summed E-state index contributed by atoms with van der Waals surface area (Å²) in [6.07, 6.45) is -0.0793. The highest BCUT2D eigenvalue weighted by molar-refractivity contribution is 7.91. The van der Waals surface area contributed by atoms with Crippen molar-refractivity contribution in [3.05, 3.63) is 72.8 Å². The van der Waals surface area contributed by atoms with Crippen LogP contribution in [0.15, 0.2) is 77.7 Å². The maximum atomic E-state index is 12.5. The molecule has 0 fully saturated rings. The lowest BCUT2D eigenvalue weighted by atomic mass is 10.1. The van der Waals surface area contributed by atoms with Crippen molar-refractivity contribution in [2.75, 3.05) is 11.1 Å². The van der Waals surface area contributed by atoms with Gasteiger partial charge in [0.2, 0.25) is 5.91 Å². The number of carbonyl (C=O) groups excluding carboxylic acids is 1. The van der Waals surface area contributed by atoms with E-state index in [0.717, 1.165) is 10.8 Å². The Morgan fingerprint density at radius 3 is 2.25 bits per heavy atom. The van der Waals surface area contributed by atoms with E-state index in [9.17, 15) is 13.2 Å². The van der Waals surface area contributed by atoms with Crippen LogP contribution in [0.2, 0.25) is 0 Å². The summed E-state index contributed by atoms with van der Waals surface area (Å²) in [4.78, 5) is 12.2. The summed E-state index contributed by atoms with van der Waals surface area (Å²) in [5, 5.41) is 4.54. The molecule has 0 heterocycles. The van der Waals surface area contributed by atoms with E-state index in [-0.39, 0.29) is 23.0 Å². The van der Waals surface area contributed by atoms with Crippen LogP contribution in [-0.4, -0.2) is 20.1 Å². The summed E-state index contributed by atoms with van der Waals surface area (Å²) in [6, 6.07) is 21.6. The Morgan fingerprint density at radius 2 is 1.50 bits per heavy atom. The van der Waals surface area contributed by atoms with E-state index in [1.54, 1.807) is 42.5 Å². The number of nitrogens with one attached hydrogen (secondary N) is 1. The first-order chi connectivity index (χ1) is 11.5. The Hall–Kier alpha value is -2.66. The highest BCUT2D eigenvalue weighted by Gasteiger charge is 2.17. The summed E-state index contributed by atoms with van der Waals surface area (Å²) in [5.41, 5.74) is 0.658. The molecule has 0 aliphatic rings. The molecule has 1 amide bonds. The van der Waals surface area contributed by atoms with E-state index in [2.05, 4.69) is 5.32 Å². The van der Waals surface area contributed by atoms with Gasteiger partial charge in [-0.15, -0.1) is 0 Å². The van der Waals surface area contributed by atoms with Crippen LogP contribution in [0.4, 0.5) is 5.69 Å². The SMILES string of the molecule is O=C(CCS(=O)(=O)c1ccc2ccccc2c1)Nc1ccccc1. The molecule has 3 aromatic rings. The van der Waals surface area contributed by atoms with Gasteiger partial charge in [0.15, 0.2) is 9.84 Å². The van der Waals surface area contributed by atoms with Crippen molar-refractivity contribution in [3.63, 3.8) is 0 Å². The maximum Gasteiger partial charge on any atom is 0.225 e. The number of amides is 1. The molecule has 0 bridgehead atoms. The molecule has 0 saturated heterocycles. The van der Waals surface area contributed by atoms with E-state index in [0.29, 0.717) is 5.69 Å². The Morgan fingerprint density at radius 1 is 0.833 bits per heavy atom. The smallest absolute Gasteiger partial charge is 0.225 e. The largest absolute Gasteiger partial charge is 0.326 e. The molecule has 4 nitrogen and oxygen atoms in total. The second-order valence-corrected chi connectivity index (χ2v) is 7.60. The number of benzene rings is 3. The molecular formula is C19H17NO3S. The standard InChI is InChI=1S/C19H17NO3S/c21-19(20-17-8-2-1-3-9-17)12-13-24(22,23)18-11-10-15-6-4-5-7-16(15)14-18/h1-11,14H,12-13H2,(H,20,21). The summed E-state index contributed by atoms with van der Waals surface area (Å²) in [5.74, 6) is -0.533. The van der Waals surface area contributed by atoms with E-state index in [1.807, 2.05) is 30.3 Å². The van der Waals surface area contributed by atoms with Crippen LogP contribution < -0.4 is 5.32 Å². The van der Waals surface area contributed by atoms with Gasteiger partial charge in [-0.05, 0) is 35.0 Å². The highest BCUT2D eigenvalue weighted by atomic mass is 32.2. The molecule has 0 aliphatic heterocycles. The van der Waals surface area contributed by atoms with Gasteiger partial charge in [0, 0.05) is 12.1 Å². The number of hydrogen-bond donors (Lipinski definition) is 1. The van der Waals surface area contributed by atoms with Crippen molar-refractivity contribution in [2.24, 2.45) is 0 Å². The number of hydrogen-bond acceptors (Lipinski definition) is 3. The number of anilines is 1. The quantitative estimate of drug-likeness (QED) is 0.772. The van der Waals surface area contributed by atoms with Gasteiger partial charge in [-0.2, -0.15) is 0 Å². The lowest BCUT2D eigenvalue weighted by molar-refractivity contribution is -0.115. The zero-order valence-corrected chi connectivity index (χ0v) is 13.8. The molecule has 0 atom stereocenters. The van der Waals surface area contributed by atoms with Crippen LogP contribution >= 0.6 is 0 Å². The van der Waals surface area contributed by atoms with Gasteiger partial charge in [-0.1, -0.05) is 48.5 Å². The molecule has 3 rings (SSSR count). The van der Waals surface area contributed by atoms with Gasteiger partial charge in [0.25, 0.3) is 0 Å². The first-order valence-electron chi connectivity index (χ1n) is 7.61. The molecule has 5 heteroatoms. The van der Waals surface area contributed by atoms with Gasteiger partial charge in [-0.25, -0.2) is 8.42 Å². The topological polar surface area (TPSA) is 63.2 Å². The number of rotatable bonds is 5. The van der Waals surface area contributed by atoms with Crippen LogP contribution in [0.1, 0.15) is 6.42 Å². The number of para-hydroxylation sites is 1. The Bertz CT molecular complexity index is 966. The molecule has 0 spiro atoms. The van der Waals surface area contributed by atoms with Crippen LogP contribution in [0, 0.1) is 0 Å². The van der Waals surface area contributed by atoms with E-state index in [4.69, 9.17) is 0 Å². The zero-order valence-electron chi connectivity index (χ0n) is 13.0. The monoisotopic (exact) mass is 339 g/mol. The predicted octanol–water partition coefficient (Wildman–Crippen LogP) is 3.64. The molecule has 0 aliphatic carbocycles. The van der Waals surface area contributed by atoms with Crippen molar-refractivity contribution in [1.82, 2.24) is 0 Å². The van der Waals surface area contributed by atoms with E-state index >= 15 is 0 Å². The molecule has 0 unspecified atom stereocenters. The van der Waals surface area contributed by atoms with Crippen molar-refractivity contribution in [2.45, 2.75) is 11.3 Å². The Kier molecular flexibility index (Phi) is 4.62. The minimum absolute atomic E-state index is 0.0793. The third-order valence-electron chi connectivity index (χ3n) is 3.74. The number of carbonyl (C=O) groups is 1. The molecular weight excluding hydrogens is 322 g/mol. The lowest BCUT2D eigenvalue weighted by Crippen LogP contribution is -2.17.